The first kappa shape index (κ1) is 17.0. The van der Waals surface area contributed by atoms with Gasteiger partial charge in [0.25, 0.3) is 0 Å². The number of nitrogens with one attached hydrogen (secondary N) is 3. The predicted octanol–water partition coefficient (Wildman–Crippen LogP) is 0.390. The number of hydrogen-bond acceptors (Lipinski definition) is 3. The standard InChI is InChI=1S/C14H26N6O/c1-5-11(2)19-13(21)7-8-16-14(15-3)17-10-12-6-9-18-20(12)4/h6,9,11H,5,7-8,10H2,1-4H3,(H,19,21)(H2,15,16,17). The van der Waals surface area contributed by atoms with Gasteiger partial charge < -0.3 is 16.0 Å². The van der Waals surface area contributed by atoms with Crippen LogP contribution in [0.15, 0.2) is 17.3 Å². The molecule has 7 heteroatoms. The zero-order chi connectivity index (χ0) is 15.7. The molecule has 0 radical (unpaired) electrons. The first-order chi connectivity index (χ1) is 10.1. The molecule has 1 aromatic heterocycles. The van der Waals surface area contributed by atoms with Crippen LogP contribution in [0.4, 0.5) is 0 Å². The molecule has 21 heavy (non-hydrogen) atoms. The van der Waals surface area contributed by atoms with Gasteiger partial charge in [-0.25, -0.2) is 0 Å². The number of carbonyl (C=O) groups excluding carboxylic acids is 1. The minimum Gasteiger partial charge on any atom is -0.356 e. The number of guanidine groups is 1. The zero-order valence-electron chi connectivity index (χ0n) is 13.3. The Bertz CT molecular complexity index is 468. The van der Waals surface area contributed by atoms with Crippen molar-refractivity contribution in [1.82, 2.24) is 25.7 Å². The Morgan fingerprint density at radius 3 is 2.81 bits per heavy atom. The first-order valence-corrected chi connectivity index (χ1v) is 7.27. The molecule has 118 valence electrons. The van der Waals surface area contributed by atoms with Crippen LogP contribution < -0.4 is 16.0 Å². The van der Waals surface area contributed by atoms with Crippen LogP contribution in [0.3, 0.4) is 0 Å². The normalized spacial score (nSPS) is 12.9. The van der Waals surface area contributed by atoms with E-state index in [1.165, 1.54) is 0 Å². The molecule has 3 N–H and O–H groups in total. The van der Waals surface area contributed by atoms with Crippen LogP contribution in [-0.4, -0.2) is 41.3 Å². The van der Waals surface area contributed by atoms with Gasteiger partial charge in [-0.3, -0.25) is 14.5 Å². The van der Waals surface area contributed by atoms with Crippen molar-refractivity contribution < 1.29 is 4.79 Å². The lowest BCUT2D eigenvalue weighted by atomic mass is 10.2. The predicted molar refractivity (Wildman–Crippen MR) is 83.9 cm³/mol. The van der Waals surface area contributed by atoms with Crippen molar-refractivity contribution in [2.45, 2.75) is 39.3 Å². The Hall–Kier alpha value is -2.05. The molecule has 0 aliphatic carbocycles. The van der Waals surface area contributed by atoms with E-state index in [-0.39, 0.29) is 11.9 Å². The maximum absolute atomic E-state index is 11.6. The SMILES string of the molecule is CCC(C)NC(=O)CCNC(=NC)NCc1ccnn1C. The molecule has 1 heterocycles. The summed E-state index contributed by atoms with van der Waals surface area (Å²) in [6.45, 7) is 5.23. The Balaban J connectivity index is 2.26. The van der Waals surface area contributed by atoms with Gasteiger partial charge in [-0.1, -0.05) is 6.92 Å². The fourth-order valence-corrected chi connectivity index (χ4v) is 1.71. The van der Waals surface area contributed by atoms with Crippen molar-refractivity contribution in [2.75, 3.05) is 13.6 Å². The van der Waals surface area contributed by atoms with Crippen molar-refractivity contribution in [3.05, 3.63) is 18.0 Å². The van der Waals surface area contributed by atoms with Crippen LogP contribution in [0.5, 0.6) is 0 Å². The highest BCUT2D eigenvalue weighted by molar-refractivity contribution is 5.81. The second-order valence-corrected chi connectivity index (χ2v) is 4.93. The number of carbonyl (C=O) groups is 1. The highest BCUT2D eigenvalue weighted by Crippen LogP contribution is 1.94. The van der Waals surface area contributed by atoms with Crippen LogP contribution in [0, 0.1) is 0 Å². The fraction of sp³-hybridized carbons (Fsp3) is 0.643. The molecule has 0 fully saturated rings. The number of nitrogens with zero attached hydrogens (tertiary/aromatic N) is 3. The molecule has 0 aromatic carbocycles. The van der Waals surface area contributed by atoms with Gasteiger partial charge >= 0.3 is 0 Å². The Morgan fingerprint density at radius 1 is 1.48 bits per heavy atom. The topological polar surface area (TPSA) is 83.3 Å². The lowest BCUT2D eigenvalue weighted by molar-refractivity contribution is -0.121. The van der Waals surface area contributed by atoms with E-state index in [9.17, 15) is 4.79 Å². The van der Waals surface area contributed by atoms with Crippen LogP contribution >= 0.6 is 0 Å². The third kappa shape index (κ3) is 6.29. The van der Waals surface area contributed by atoms with Gasteiger partial charge in [0.1, 0.15) is 0 Å². The molecule has 1 amide bonds. The second-order valence-electron chi connectivity index (χ2n) is 4.93. The van der Waals surface area contributed by atoms with Crippen LogP contribution in [0.1, 0.15) is 32.4 Å². The molecular weight excluding hydrogens is 268 g/mol. The molecule has 1 atom stereocenters. The summed E-state index contributed by atoms with van der Waals surface area (Å²) < 4.78 is 1.81. The van der Waals surface area contributed by atoms with Gasteiger partial charge in [-0.15, -0.1) is 0 Å². The molecule has 0 saturated carbocycles. The van der Waals surface area contributed by atoms with Crippen molar-refractivity contribution in [3.63, 3.8) is 0 Å². The van der Waals surface area contributed by atoms with E-state index < -0.39 is 0 Å². The number of aliphatic imine (C=N–C) groups is 1. The summed E-state index contributed by atoms with van der Waals surface area (Å²) in [5, 5.41) is 13.3. The number of hydrogen-bond donors (Lipinski definition) is 3. The van der Waals surface area contributed by atoms with Gasteiger partial charge in [0.05, 0.1) is 12.2 Å². The molecular formula is C14H26N6O. The average molecular weight is 294 g/mol. The van der Waals surface area contributed by atoms with Gasteiger partial charge in [-0.05, 0) is 19.4 Å². The van der Waals surface area contributed by atoms with Crippen LogP contribution in [-0.2, 0) is 18.4 Å². The van der Waals surface area contributed by atoms with Crippen molar-refractivity contribution in [3.8, 4) is 0 Å². The molecule has 7 nitrogen and oxygen atoms in total. The molecule has 0 saturated heterocycles. The molecule has 0 aliphatic rings. The van der Waals surface area contributed by atoms with Crippen LogP contribution in [0.25, 0.3) is 0 Å². The largest absolute Gasteiger partial charge is 0.356 e. The van der Waals surface area contributed by atoms with E-state index in [2.05, 4.69) is 26.0 Å². The van der Waals surface area contributed by atoms with Gasteiger partial charge in [0, 0.05) is 39.3 Å². The smallest absolute Gasteiger partial charge is 0.221 e. The Kier molecular flexibility index (Phi) is 7.28. The van der Waals surface area contributed by atoms with Gasteiger partial charge in [0.2, 0.25) is 5.91 Å². The zero-order valence-corrected chi connectivity index (χ0v) is 13.3. The number of amides is 1. The fourth-order valence-electron chi connectivity index (χ4n) is 1.71. The first-order valence-electron chi connectivity index (χ1n) is 7.27. The van der Waals surface area contributed by atoms with E-state index in [0.717, 1.165) is 12.1 Å². The quantitative estimate of drug-likeness (QED) is 0.502. The summed E-state index contributed by atoms with van der Waals surface area (Å²) in [4.78, 5) is 15.8. The Labute approximate surface area is 126 Å². The average Bonchev–Trinajstić information content (AvgIpc) is 2.87. The van der Waals surface area contributed by atoms with Crippen molar-refractivity contribution >= 4 is 11.9 Å². The lowest BCUT2D eigenvalue weighted by Gasteiger charge is -2.13. The highest BCUT2D eigenvalue weighted by atomic mass is 16.1. The third-order valence-electron chi connectivity index (χ3n) is 3.25. The number of aromatic nitrogens is 2. The molecule has 0 spiro atoms. The maximum atomic E-state index is 11.6. The minimum atomic E-state index is 0.0546. The molecule has 1 aromatic rings. The molecule has 0 bridgehead atoms. The molecule has 1 rings (SSSR count). The van der Waals surface area contributed by atoms with Gasteiger partial charge in [-0.2, -0.15) is 5.10 Å². The minimum absolute atomic E-state index is 0.0546. The van der Waals surface area contributed by atoms with Crippen molar-refractivity contribution in [2.24, 2.45) is 12.0 Å². The third-order valence-corrected chi connectivity index (χ3v) is 3.25. The summed E-state index contributed by atoms with van der Waals surface area (Å²) in [5.41, 5.74) is 1.06. The molecule has 1 unspecified atom stereocenters. The number of aryl methyl sites for hydroxylation is 1. The lowest BCUT2D eigenvalue weighted by Crippen LogP contribution is -2.40. The second kappa shape index (κ2) is 8.99. The van der Waals surface area contributed by atoms with Gasteiger partial charge in [0.15, 0.2) is 5.96 Å². The summed E-state index contributed by atoms with van der Waals surface area (Å²) in [7, 11) is 3.60. The van der Waals surface area contributed by atoms with E-state index >= 15 is 0 Å². The van der Waals surface area contributed by atoms with E-state index in [1.807, 2.05) is 27.0 Å². The monoisotopic (exact) mass is 294 g/mol. The summed E-state index contributed by atoms with van der Waals surface area (Å²) in [5.74, 6) is 0.728. The highest BCUT2D eigenvalue weighted by Gasteiger charge is 2.06. The van der Waals surface area contributed by atoms with Crippen LogP contribution in [0.2, 0.25) is 0 Å². The van der Waals surface area contributed by atoms with E-state index in [4.69, 9.17) is 0 Å². The van der Waals surface area contributed by atoms with Crippen molar-refractivity contribution in [1.29, 1.82) is 0 Å². The maximum Gasteiger partial charge on any atom is 0.221 e. The van der Waals surface area contributed by atoms with E-state index in [0.29, 0.717) is 25.5 Å². The summed E-state index contributed by atoms with van der Waals surface area (Å²) >= 11 is 0. The number of rotatable bonds is 7. The molecule has 0 aliphatic heterocycles. The Morgan fingerprint density at radius 2 is 2.24 bits per heavy atom. The summed E-state index contributed by atoms with van der Waals surface area (Å²) in [6.07, 6.45) is 3.12. The van der Waals surface area contributed by atoms with E-state index in [1.54, 1.807) is 17.9 Å². The summed E-state index contributed by atoms with van der Waals surface area (Å²) in [6, 6.07) is 2.17.